The number of anilines is 2. The molecule has 6 nitrogen and oxygen atoms in total. The quantitative estimate of drug-likeness (QED) is 0.430. The van der Waals surface area contributed by atoms with Gasteiger partial charge in [-0.3, -0.25) is 0 Å². The predicted molar refractivity (Wildman–Crippen MR) is 73.2 cm³/mol. The summed E-state index contributed by atoms with van der Waals surface area (Å²) < 4.78 is 0. The van der Waals surface area contributed by atoms with Crippen molar-refractivity contribution in [2.24, 2.45) is 11.8 Å². The highest BCUT2D eigenvalue weighted by Crippen LogP contribution is 2.12. The molecule has 0 saturated carbocycles. The van der Waals surface area contributed by atoms with E-state index in [-0.39, 0.29) is 6.10 Å². The Labute approximate surface area is 108 Å². The lowest BCUT2D eigenvalue weighted by atomic mass is 10.1. The number of nitrogens with zero attached hydrogens (tertiary/aromatic N) is 2. The fourth-order valence-corrected chi connectivity index (χ4v) is 1.67. The molecule has 1 heterocycles. The number of aromatic nitrogens is 2. The number of aryl methyl sites for hydroxylation is 1. The minimum Gasteiger partial charge on any atom is -0.391 e. The Morgan fingerprint density at radius 3 is 2.56 bits per heavy atom. The SMILES string of the molecule is CCc1nc(NN)cc(NCC(O)CC(C)C)n1. The van der Waals surface area contributed by atoms with E-state index in [2.05, 4.69) is 34.6 Å². The van der Waals surface area contributed by atoms with Crippen LogP contribution in [0.5, 0.6) is 0 Å². The van der Waals surface area contributed by atoms with Crippen molar-refractivity contribution in [3.05, 3.63) is 11.9 Å². The van der Waals surface area contributed by atoms with Crippen LogP contribution in [0, 0.1) is 5.92 Å². The van der Waals surface area contributed by atoms with Crippen LogP contribution in [0.4, 0.5) is 11.6 Å². The molecule has 0 amide bonds. The number of nitrogens with one attached hydrogen (secondary N) is 2. The van der Waals surface area contributed by atoms with E-state index >= 15 is 0 Å². The van der Waals surface area contributed by atoms with Gasteiger partial charge in [-0.05, 0) is 12.3 Å². The Morgan fingerprint density at radius 1 is 1.33 bits per heavy atom. The molecule has 0 aliphatic heterocycles. The lowest BCUT2D eigenvalue weighted by Crippen LogP contribution is -2.22. The van der Waals surface area contributed by atoms with Gasteiger partial charge in [0.1, 0.15) is 17.5 Å². The Hall–Kier alpha value is -1.40. The van der Waals surface area contributed by atoms with E-state index in [0.29, 0.717) is 29.9 Å². The van der Waals surface area contributed by atoms with Gasteiger partial charge < -0.3 is 15.8 Å². The molecule has 1 aromatic heterocycles. The number of nitrogens with two attached hydrogens (primary N) is 1. The predicted octanol–water partition coefficient (Wildman–Crippen LogP) is 1.14. The number of hydrogen-bond acceptors (Lipinski definition) is 6. The summed E-state index contributed by atoms with van der Waals surface area (Å²) in [5, 5.41) is 12.9. The highest BCUT2D eigenvalue weighted by atomic mass is 16.3. The molecular weight excluding hydrogens is 230 g/mol. The molecule has 0 aromatic carbocycles. The highest BCUT2D eigenvalue weighted by Gasteiger charge is 2.08. The minimum atomic E-state index is -0.376. The minimum absolute atomic E-state index is 0.376. The van der Waals surface area contributed by atoms with E-state index in [9.17, 15) is 5.11 Å². The van der Waals surface area contributed by atoms with Crippen LogP contribution in [0.25, 0.3) is 0 Å². The Bertz CT molecular complexity index is 347. The van der Waals surface area contributed by atoms with Gasteiger partial charge in [-0.15, -0.1) is 0 Å². The van der Waals surface area contributed by atoms with Crippen molar-refractivity contribution >= 4 is 11.6 Å². The molecule has 0 spiro atoms. The van der Waals surface area contributed by atoms with E-state index < -0.39 is 0 Å². The maximum Gasteiger partial charge on any atom is 0.145 e. The zero-order chi connectivity index (χ0) is 13.5. The lowest BCUT2D eigenvalue weighted by Gasteiger charge is -2.15. The lowest BCUT2D eigenvalue weighted by molar-refractivity contribution is 0.161. The molecule has 1 aromatic rings. The zero-order valence-electron chi connectivity index (χ0n) is 11.3. The zero-order valence-corrected chi connectivity index (χ0v) is 11.3. The second-order valence-electron chi connectivity index (χ2n) is 4.72. The summed E-state index contributed by atoms with van der Waals surface area (Å²) in [7, 11) is 0. The highest BCUT2D eigenvalue weighted by molar-refractivity contribution is 5.46. The van der Waals surface area contributed by atoms with E-state index in [1.165, 1.54) is 0 Å². The first-order chi connectivity index (χ1) is 8.55. The van der Waals surface area contributed by atoms with Crippen molar-refractivity contribution in [2.75, 3.05) is 17.3 Å². The Morgan fingerprint density at radius 2 is 2.00 bits per heavy atom. The Kier molecular flexibility index (Phi) is 5.80. The van der Waals surface area contributed by atoms with Crippen LogP contribution in [-0.2, 0) is 6.42 Å². The molecular formula is C12H23N5O. The third-order valence-corrected chi connectivity index (χ3v) is 2.50. The summed E-state index contributed by atoms with van der Waals surface area (Å²) in [6, 6.07) is 1.72. The molecule has 5 N–H and O–H groups in total. The first kappa shape index (κ1) is 14.7. The van der Waals surface area contributed by atoms with Crippen molar-refractivity contribution in [1.29, 1.82) is 0 Å². The van der Waals surface area contributed by atoms with Crippen molar-refractivity contribution < 1.29 is 5.11 Å². The monoisotopic (exact) mass is 253 g/mol. The number of aliphatic hydroxyl groups is 1. The smallest absolute Gasteiger partial charge is 0.145 e. The molecule has 0 saturated heterocycles. The second kappa shape index (κ2) is 7.13. The standard InChI is InChI=1S/C12H23N5O/c1-4-10-15-11(6-12(16-10)17-13)14-7-9(18)5-8(2)3/h6,8-9,18H,4-5,7,13H2,1-3H3,(H2,14,15,16,17). The van der Waals surface area contributed by atoms with Gasteiger partial charge in [0, 0.05) is 19.0 Å². The van der Waals surface area contributed by atoms with Crippen LogP contribution in [0.1, 0.15) is 33.0 Å². The van der Waals surface area contributed by atoms with Crippen molar-refractivity contribution in [3.63, 3.8) is 0 Å². The molecule has 0 aliphatic carbocycles. The fraction of sp³-hybridized carbons (Fsp3) is 0.667. The normalized spacial score (nSPS) is 12.6. The summed E-state index contributed by atoms with van der Waals surface area (Å²) >= 11 is 0. The number of nitrogen functional groups attached to an aromatic ring is 1. The van der Waals surface area contributed by atoms with E-state index in [0.717, 1.165) is 12.8 Å². The third-order valence-electron chi connectivity index (χ3n) is 2.50. The van der Waals surface area contributed by atoms with Crippen LogP contribution in [-0.4, -0.2) is 27.7 Å². The molecule has 0 fully saturated rings. The molecule has 0 aliphatic rings. The van der Waals surface area contributed by atoms with Gasteiger partial charge in [0.25, 0.3) is 0 Å². The topological polar surface area (TPSA) is 96.1 Å². The fourth-order valence-electron chi connectivity index (χ4n) is 1.67. The van der Waals surface area contributed by atoms with Gasteiger partial charge in [-0.2, -0.15) is 0 Å². The maximum atomic E-state index is 9.79. The van der Waals surface area contributed by atoms with Crippen LogP contribution in [0.15, 0.2) is 6.07 Å². The van der Waals surface area contributed by atoms with Crippen molar-refractivity contribution in [1.82, 2.24) is 9.97 Å². The Balaban J connectivity index is 2.60. The molecule has 1 atom stereocenters. The van der Waals surface area contributed by atoms with Gasteiger partial charge in [-0.1, -0.05) is 20.8 Å². The molecule has 1 rings (SSSR count). The van der Waals surface area contributed by atoms with Gasteiger partial charge in [0.05, 0.1) is 6.10 Å². The van der Waals surface area contributed by atoms with Gasteiger partial charge in [-0.25, -0.2) is 15.8 Å². The number of rotatable bonds is 7. The molecule has 6 heteroatoms. The van der Waals surface area contributed by atoms with Crippen LogP contribution < -0.4 is 16.6 Å². The van der Waals surface area contributed by atoms with Crippen molar-refractivity contribution in [3.8, 4) is 0 Å². The molecule has 0 bridgehead atoms. The first-order valence-corrected chi connectivity index (χ1v) is 6.31. The number of aliphatic hydroxyl groups excluding tert-OH is 1. The molecule has 0 radical (unpaired) electrons. The molecule has 1 unspecified atom stereocenters. The average Bonchev–Trinajstić information content (AvgIpc) is 2.35. The van der Waals surface area contributed by atoms with E-state index in [4.69, 9.17) is 5.84 Å². The molecule has 102 valence electrons. The summed E-state index contributed by atoms with van der Waals surface area (Å²) in [5.41, 5.74) is 2.51. The summed E-state index contributed by atoms with van der Waals surface area (Å²) in [6.45, 7) is 6.62. The van der Waals surface area contributed by atoms with Gasteiger partial charge >= 0.3 is 0 Å². The summed E-state index contributed by atoms with van der Waals surface area (Å²) in [6.07, 6.45) is 1.12. The molecule has 18 heavy (non-hydrogen) atoms. The van der Waals surface area contributed by atoms with Crippen LogP contribution in [0.2, 0.25) is 0 Å². The summed E-state index contributed by atoms with van der Waals surface area (Å²) in [5.74, 6) is 7.78. The first-order valence-electron chi connectivity index (χ1n) is 6.31. The number of hydrazine groups is 1. The van der Waals surface area contributed by atoms with Crippen LogP contribution >= 0.6 is 0 Å². The maximum absolute atomic E-state index is 9.79. The van der Waals surface area contributed by atoms with Crippen LogP contribution in [0.3, 0.4) is 0 Å². The van der Waals surface area contributed by atoms with Gasteiger partial charge in [0.2, 0.25) is 0 Å². The second-order valence-corrected chi connectivity index (χ2v) is 4.72. The number of hydrogen-bond donors (Lipinski definition) is 4. The van der Waals surface area contributed by atoms with Gasteiger partial charge in [0.15, 0.2) is 0 Å². The third kappa shape index (κ3) is 4.85. The average molecular weight is 253 g/mol. The van der Waals surface area contributed by atoms with Crippen molar-refractivity contribution in [2.45, 2.75) is 39.7 Å². The van der Waals surface area contributed by atoms with E-state index in [1.54, 1.807) is 6.07 Å². The summed E-state index contributed by atoms with van der Waals surface area (Å²) in [4.78, 5) is 8.52. The van der Waals surface area contributed by atoms with E-state index in [1.807, 2.05) is 6.92 Å². The largest absolute Gasteiger partial charge is 0.391 e.